The van der Waals surface area contributed by atoms with E-state index >= 15 is 0 Å². The number of para-hydroxylation sites is 1. The Balaban J connectivity index is 1.37. The van der Waals surface area contributed by atoms with E-state index in [-0.39, 0.29) is 5.91 Å². The first kappa shape index (κ1) is 20.2. The van der Waals surface area contributed by atoms with Crippen molar-refractivity contribution in [1.82, 2.24) is 14.9 Å². The molecule has 0 fully saturated rings. The van der Waals surface area contributed by atoms with Crippen LogP contribution in [0.4, 0.5) is 0 Å². The Morgan fingerprint density at radius 1 is 1.10 bits per heavy atom. The quantitative estimate of drug-likeness (QED) is 0.518. The molecule has 1 aromatic heterocycles. The molecule has 0 spiro atoms. The van der Waals surface area contributed by atoms with Crippen molar-refractivity contribution in [2.45, 2.75) is 51.5 Å². The normalized spacial score (nSPS) is 15.4. The number of fused-ring (bicyclic) bond motifs is 1. The zero-order valence-corrected chi connectivity index (χ0v) is 17.5. The van der Waals surface area contributed by atoms with Crippen LogP contribution in [0.15, 0.2) is 60.8 Å². The number of nitrogens with one attached hydrogen (secondary N) is 1. The molecule has 2 aromatic carbocycles. The van der Waals surface area contributed by atoms with Gasteiger partial charge in [0.15, 0.2) is 0 Å². The summed E-state index contributed by atoms with van der Waals surface area (Å²) in [6.45, 7) is 3.73. The molecule has 0 saturated heterocycles. The number of aryl methyl sites for hydroxylation is 1. The minimum absolute atomic E-state index is 0.0630. The molecule has 1 N–H and O–H groups in total. The van der Waals surface area contributed by atoms with E-state index in [1.807, 2.05) is 48.7 Å². The van der Waals surface area contributed by atoms with Crippen molar-refractivity contribution in [3.63, 3.8) is 0 Å². The molecular formula is C25H29N3O2. The van der Waals surface area contributed by atoms with Crippen molar-refractivity contribution in [2.24, 2.45) is 0 Å². The van der Waals surface area contributed by atoms with E-state index in [1.54, 1.807) is 0 Å². The summed E-state index contributed by atoms with van der Waals surface area (Å²) in [6, 6.07) is 18.2. The van der Waals surface area contributed by atoms with Gasteiger partial charge in [0.25, 0.3) is 5.91 Å². The molecule has 0 radical (unpaired) electrons. The molecule has 156 valence electrons. The molecule has 1 aliphatic heterocycles. The van der Waals surface area contributed by atoms with E-state index in [4.69, 9.17) is 4.74 Å². The molecule has 5 nitrogen and oxygen atoms in total. The van der Waals surface area contributed by atoms with Crippen molar-refractivity contribution in [3.05, 3.63) is 77.9 Å². The van der Waals surface area contributed by atoms with Gasteiger partial charge >= 0.3 is 0 Å². The summed E-state index contributed by atoms with van der Waals surface area (Å²) in [4.78, 5) is 16.9. The second kappa shape index (κ2) is 9.61. The summed E-state index contributed by atoms with van der Waals surface area (Å²) in [5.74, 6) is 3.04. The van der Waals surface area contributed by atoms with E-state index in [2.05, 4.69) is 33.9 Å². The topological polar surface area (TPSA) is 56.2 Å². The first-order chi connectivity index (χ1) is 14.7. The lowest BCUT2D eigenvalue weighted by Crippen LogP contribution is -2.24. The number of nitrogens with zero attached hydrogens (tertiary/aromatic N) is 2. The second-order valence-electron chi connectivity index (χ2n) is 7.88. The van der Waals surface area contributed by atoms with Crippen LogP contribution in [0, 0.1) is 0 Å². The highest BCUT2D eigenvalue weighted by atomic mass is 16.5. The van der Waals surface area contributed by atoms with Crippen LogP contribution in [0.2, 0.25) is 0 Å². The van der Waals surface area contributed by atoms with E-state index in [9.17, 15) is 4.79 Å². The largest absolute Gasteiger partial charge is 0.457 e. The van der Waals surface area contributed by atoms with Crippen LogP contribution in [0.5, 0.6) is 11.5 Å². The number of ether oxygens (including phenoxy) is 1. The number of carbonyl (C=O) groups excluding carboxylic acids is 1. The van der Waals surface area contributed by atoms with Crippen LogP contribution in [-0.4, -0.2) is 22.0 Å². The monoisotopic (exact) mass is 403 g/mol. The Bertz CT molecular complexity index is 964. The number of amides is 1. The summed E-state index contributed by atoms with van der Waals surface area (Å²) in [5, 5.41) is 2.98. The Kier molecular flexibility index (Phi) is 6.47. The maximum absolute atomic E-state index is 12.4. The molecular weight excluding hydrogens is 374 g/mol. The summed E-state index contributed by atoms with van der Waals surface area (Å²) in [5.41, 5.74) is 1.83. The zero-order valence-electron chi connectivity index (χ0n) is 17.5. The molecule has 1 amide bonds. The van der Waals surface area contributed by atoms with Gasteiger partial charge in [-0.3, -0.25) is 4.79 Å². The van der Waals surface area contributed by atoms with Crippen molar-refractivity contribution >= 4 is 5.91 Å². The van der Waals surface area contributed by atoms with Gasteiger partial charge in [0.2, 0.25) is 0 Å². The maximum Gasteiger partial charge on any atom is 0.271 e. The van der Waals surface area contributed by atoms with E-state index in [1.165, 1.54) is 5.56 Å². The first-order valence-corrected chi connectivity index (χ1v) is 10.9. The van der Waals surface area contributed by atoms with Crippen LogP contribution in [0.1, 0.15) is 60.4 Å². The van der Waals surface area contributed by atoms with Crippen LogP contribution in [0.25, 0.3) is 0 Å². The number of hydrogen-bond donors (Lipinski definition) is 1. The molecule has 1 aliphatic rings. The number of hydrogen-bond acceptors (Lipinski definition) is 3. The third kappa shape index (κ3) is 4.90. The first-order valence-electron chi connectivity index (χ1n) is 10.9. The molecule has 3 aromatic rings. The maximum atomic E-state index is 12.4. The molecule has 0 bridgehead atoms. The predicted molar refractivity (Wildman–Crippen MR) is 118 cm³/mol. The highest BCUT2D eigenvalue weighted by Crippen LogP contribution is 2.31. The Hall–Kier alpha value is -3.08. The molecule has 2 heterocycles. The molecule has 1 atom stereocenters. The zero-order chi connectivity index (χ0) is 20.8. The van der Waals surface area contributed by atoms with Gasteiger partial charge in [0, 0.05) is 31.6 Å². The van der Waals surface area contributed by atoms with Gasteiger partial charge in [-0.1, -0.05) is 50.1 Å². The smallest absolute Gasteiger partial charge is 0.271 e. The highest BCUT2D eigenvalue weighted by molar-refractivity contribution is 5.92. The third-order valence-electron chi connectivity index (χ3n) is 5.62. The molecule has 1 unspecified atom stereocenters. The molecule has 30 heavy (non-hydrogen) atoms. The van der Waals surface area contributed by atoms with Crippen molar-refractivity contribution in [1.29, 1.82) is 0 Å². The summed E-state index contributed by atoms with van der Waals surface area (Å²) in [7, 11) is 0. The Morgan fingerprint density at radius 3 is 2.63 bits per heavy atom. The van der Waals surface area contributed by atoms with E-state index in [0.717, 1.165) is 62.5 Å². The lowest BCUT2D eigenvalue weighted by Gasteiger charge is -2.24. The van der Waals surface area contributed by atoms with Crippen molar-refractivity contribution < 1.29 is 9.53 Å². The van der Waals surface area contributed by atoms with Gasteiger partial charge in [-0.15, -0.1) is 0 Å². The third-order valence-corrected chi connectivity index (χ3v) is 5.62. The minimum Gasteiger partial charge on any atom is -0.457 e. The summed E-state index contributed by atoms with van der Waals surface area (Å²) in [6.07, 6.45) is 7.13. The molecule has 0 aliphatic carbocycles. The Labute approximate surface area is 178 Å². The van der Waals surface area contributed by atoms with Crippen LogP contribution in [0.3, 0.4) is 0 Å². The number of rotatable bonds is 8. The fraction of sp³-hybridized carbons (Fsp3) is 0.360. The molecule has 0 saturated carbocycles. The molecule has 5 heteroatoms. The van der Waals surface area contributed by atoms with Gasteiger partial charge in [0.1, 0.15) is 23.0 Å². The highest BCUT2D eigenvalue weighted by Gasteiger charge is 2.23. The van der Waals surface area contributed by atoms with Gasteiger partial charge in [-0.05, 0) is 42.7 Å². The standard InChI is InChI=1S/C25H29N3O2/c1-2-3-7-16-26-25(29)23-18-28-17-20(12-15-24(28)27-23)19-10-13-22(14-11-19)30-21-8-5-4-6-9-21/h4-6,8-11,13-14,18,20H,2-3,7,12,15-17H2,1H3,(H,26,29). The van der Waals surface area contributed by atoms with Crippen LogP contribution >= 0.6 is 0 Å². The number of benzene rings is 2. The Morgan fingerprint density at radius 2 is 1.87 bits per heavy atom. The minimum atomic E-state index is -0.0630. The van der Waals surface area contributed by atoms with Crippen LogP contribution < -0.4 is 10.1 Å². The van der Waals surface area contributed by atoms with Gasteiger partial charge < -0.3 is 14.6 Å². The lowest BCUT2D eigenvalue weighted by atomic mass is 9.91. The average Bonchev–Trinajstić information content (AvgIpc) is 3.21. The fourth-order valence-electron chi connectivity index (χ4n) is 3.93. The second-order valence-corrected chi connectivity index (χ2v) is 7.88. The van der Waals surface area contributed by atoms with E-state index < -0.39 is 0 Å². The number of carbonyl (C=O) groups is 1. The van der Waals surface area contributed by atoms with E-state index in [0.29, 0.717) is 11.6 Å². The van der Waals surface area contributed by atoms with Gasteiger partial charge in [-0.25, -0.2) is 4.98 Å². The SMILES string of the molecule is CCCCCNC(=O)c1cn2c(n1)CCC(c1ccc(Oc3ccccc3)cc1)C2. The van der Waals surface area contributed by atoms with Gasteiger partial charge in [0.05, 0.1) is 0 Å². The van der Waals surface area contributed by atoms with Crippen molar-refractivity contribution in [3.8, 4) is 11.5 Å². The lowest BCUT2D eigenvalue weighted by molar-refractivity contribution is 0.0948. The number of unbranched alkanes of at least 4 members (excludes halogenated alkanes) is 2. The fourth-order valence-corrected chi connectivity index (χ4v) is 3.93. The number of aromatic nitrogens is 2. The average molecular weight is 404 g/mol. The van der Waals surface area contributed by atoms with Crippen LogP contribution in [-0.2, 0) is 13.0 Å². The number of imidazole rings is 1. The molecule has 4 rings (SSSR count). The van der Waals surface area contributed by atoms with Gasteiger partial charge in [-0.2, -0.15) is 0 Å². The predicted octanol–water partition coefficient (Wildman–Crippen LogP) is 5.33. The summed E-state index contributed by atoms with van der Waals surface area (Å²) >= 11 is 0. The van der Waals surface area contributed by atoms with Crippen molar-refractivity contribution in [2.75, 3.05) is 6.54 Å². The summed E-state index contributed by atoms with van der Waals surface area (Å²) < 4.78 is 8.04.